The van der Waals surface area contributed by atoms with Gasteiger partial charge in [0, 0.05) is 11.8 Å². The maximum absolute atomic E-state index is 10.7. The lowest BCUT2D eigenvalue weighted by atomic mass is 9.88. The molecule has 2 saturated heterocycles. The predicted molar refractivity (Wildman–Crippen MR) is 87.2 cm³/mol. The Morgan fingerprint density at radius 2 is 1.70 bits per heavy atom. The van der Waals surface area contributed by atoms with Gasteiger partial charge >= 0.3 is 0 Å². The second kappa shape index (κ2) is 6.78. The predicted octanol–water partition coefficient (Wildman–Crippen LogP) is 3.36. The summed E-state index contributed by atoms with van der Waals surface area (Å²) in [6, 6.07) is 0. The summed E-state index contributed by atoms with van der Waals surface area (Å²) in [6.45, 7) is 10.2. The van der Waals surface area contributed by atoms with Crippen molar-refractivity contribution in [2.75, 3.05) is 11.5 Å². The summed E-state index contributed by atoms with van der Waals surface area (Å²) < 4.78 is 12.3. The Labute approximate surface area is 131 Å². The lowest BCUT2D eigenvalue weighted by Gasteiger charge is -2.35. The zero-order chi connectivity index (χ0) is 14.9. The molecule has 5 heteroatoms. The molecule has 0 saturated carbocycles. The number of hydrogen-bond donors (Lipinski definition) is 1. The Balaban J connectivity index is 1.95. The van der Waals surface area contributed by atoms with E-state index >= 15 is 0 Å². The highest BCUT2D eigenvalue weighted by molar-refractivity contribution is 8.17. The van der Waals surface area contributed by atoms with E-state index in [1.807, 2.05) is 44.3 Å². The molecule has 0 aromatic carbocycles. The van der Waals surface area contributed by atoms with Crippen LogP contribution in [0.25, 0.3) is 0 Å². The second-order valence-corrected chi connectivity index (χ2v) is 9.27. The van der Waals surface area contributed by atoms with E-state index in [0.29, 0.717) is 4.58 Å². The van der Waals surface area contributed by atoms with Crippen LogP contribution in [0.1, 0.15) is 41.0 Å². The van der Waals surface area contributed by atoms with E-state index in [9.17, 15) is 5.11 Å². The number of ether oxygens (including phenoxy) is 2. The lowest BCUT2D eigenvalue weighted by Crippen LogP contribution is -2.41. The Morgan fingerprint density at radius 1 is 1.10 bits per heavy atom. The molecule has 0 aromatic rings. The van der Waals surface area contributed by atoms with E-state index in [1.54, 1.807) is 0 Å². The second-order valence-electron chi connectivity index (χ2n) is 6.48. The molecule has 20 heavy (non-hydrogen) atoms. The molecule has 118 valence electrons. The Hall–Kier alpha value is 0.580. The van der Waals surface area contributed by atoms with Crippen LogP contribution >= 0.6 is 23.5 Å². The van der Waals surface area contributed by atoms with Gasteiger partial charge in [0.15, 0.2) is 5.79 Å². The van der Waals surface area contributed by atoms with Crippen LogP contribution in [0.5, 0.6) is 0 Å². The molecular weight excluding hydrogens is 292 g/mol. The summed E-state index contributed by atoms with van der Waals surface area (Å²) >= 11 is 3.98. The summed E-state index contributed by atoms with van der Waals surface area (Å²) in [6.07, 6.45) is 0.951. The molecule has 2 rings (SSSR count). The summed E-state index contributed by atoms with van der Waals surface area (Å²) in [5, 5.41) is 10.7. The Kier molecular flexibility index (Phi) is 5.74. The largest absolute Gasteiger partial charge is 0.392 e. The topological polar surface area (TPSA) is 38.7 Å². The van der Waals surface area contributed by atoms with Crippen molar-refractivity contribution in [3.63, 3.8) is 0 Å². The highest BCUT2D eigenvalue weighted by atomic mass is 32.2. The molecule has 3 nitrogen and oxygen atoms in total. The van der Waals surface area contributed by atoms with Gasteiger partial charge < -0.3 is 14.6 Å². The van der Waals surface area contributed by atoms with Gasteiger partial charge in [-0.2, -0.15) is 0 Å². The molecular formula is C15H28O3S2. The van der Waals surface area contributed by atoms with E-state index in [-0.39, 0.29) is 30.1 Å². The smallest absolute Gasteiger partial charge is 0.163 e. The van der Waals surface area contributed by atoms with Crippen molar-refractivity contribution in [1.82, 2.24) is 0 Å². The van der Waals surface area contributed by atoms with Crippen molar-refractivity contribution in [2.24, 2.45) is 11.8 Å². The fourth-order valence-corrected chi connectivity index (χ4v) is 6.31. The van der Waals surface area contributed by atoms with Crippen molar-refractivity contribution >= 4 is 23.5 Å². The molecule has 0 spiro atoms. The van der Waals surface area contributed by atoms with Crippen molar-refractivity contribution in [2.45, 2.75) is 69.7 Å². The number of aliphatic hydroxyl groups is 1. The van der Waals surface area contributed by atoms with Gasteiger partial charge in [-0.25, -0.2) is 0 Å². The summed E-state index contributed by atoms with van der Waals surface area (Å²) in [7, 11) is 0. The molecule has 0 aliphatic carbocycles. The normalized spacial score (nSPS) is 35.7. The molecule has 2 aliphatic rings. The minimum Gasteiger partial charge on any atom is -0.392 e. The molecule has 2 fully saturated rings. The van der Waals surface area contributed by atoms with Crippen molar-refractivity contribution in [3.05, 3.63) is 0 Å². The van der Waals surface area contributed by atoms with E-state index in [1.165, 1.54) is 17.9 Å². The van der Waals surface area contributed by atoms with Gasteiger partial charge in [0.2, 0.25) is 0 Å². The van der Waals surface area contributed by atoms with Gasteiger partial charge in [0.25, 0.3) is 0 Å². The summed E-state index contributed by atoms with van der Waals surface area (Å²) in [5.41, 5.74) is 0. The fourth-order valence-electron chi connectivity index (χ4n) is 3.14. The standard InChI is InChI=1S/C15H28O3S2/c1-9(13-11(3)17-15(4,5)18-13)12(16)10(2)14-19-7-6-8-20-14/h9-14,16H,6-8H2,1-5H3/t9-,10+,11+,12-,13+/m0/s1. The van der Waals surface area contributed by atoms with Crippen LogP contribution in [-0.4, -0.2) is 45.3 Å². The van der Waals surface area contributed by atoms with E-state index in [2.05, 4.69) is 13.8 Å². The number of aliphatic hydroxyl groups excluding tert-OH is 1. The average Bonchev–Trinajstić information content (AvgIpc) is 2.70. The van der Waals surface area contributed by atoms with Crippen molar-refractivity contribution in [1.29, 1.82) is 0 Å². The Bertz CT molecular complexity index is 318. The first-order chi connectivity index (χ1) is 9.32. The maximum atomic E-state index is 10.7. The number of hydrogen-bond acceptors (Lipinski definition) is 5. The molecule has 1 N–H and O–H groups in total. The minimum atomic E-state index is -0.532. The first kappa shape index (κ1) is 16.9. The molecule has 0 aromatic heterocycles. The van der Waals surface area contributed by atoms with Crippen LogP contribution < -0.4 is 0 Å². The third-order valence-corrected chi connectivity index (χ3v) is 7.61. The maximum Gasteiger partial charge on any atom is 0.163 e. The first-order valence-corrected chi connectivity index (χ1v) is 9.68. The third kappa shape index (κ3) is 3.86. The van der Waals surface area contributed by atoms with Crippen LogP contribution in [0.2, 0.25) is 0 Å². The molecule has 0 bridgehead atoms. The third-order valence-electron chi connectivity index (χ3n) is 4.23. The molecule has 2 aliphatic heterocycles. The van der Waals surface area contributed by atoms with Crippen LogP contribution in [0.4, 0.5) is 0 Å². The van der Waals surface area contributed by atoms with Crippen LogP contribution in [0.15, 0.2) is 0 Å². The van der Waals surface area contributed by atoms with Crippen LogP contribution in [-0.2, 0) is 9.47 Å². The highest BCUT2D eigenvalue weighted by Gasteiger charge is 2.45. The van der Waals surface area contributed by atoms with Gasteiger partial charge in [0.1, 0.15) is 0 Å². The van der Waals surface area contributed by atoms with Gasteiger partial charge in [-0.05, 0) is 38.7 Å². The first-order valence-electron chi connectivity index (χ1n) is 7.59. The molecule has 0 radical (unpaired) electrons. The molecule has 0 amide bonds. The van der Waals surface area contributed by atoms with E-state index in [4.69, 9.17) is 9.47 Å². The number of rotatable bonds is 4. The van der Waals surface area contributed by atoms with Crippen LogP contribution in [0.3, 0.4) is 0 Å². The van der Waals surface area contributed by atoms with Crippen LogP contribution in [0, 0.1) is 11.8 Å². The van der Waals surface area contributed by atoms with Gasteiger partial charge in [0.05, 0.1) is 22.9 Å². The van der Waals surface area contributed by atoms with E-state index in [0.717, 1.165) is 0 Å². The zero-order valence-corrected chi connectivity index (χ0v) is 14.8. The molecule has 5 atom stereocenters. The summed E-state index contributed by atoms with van der Waals surface area (Å²) in [5.74, 6) is 2.27. The SMILES string of the molecule is C[C@@H]([C@H](O)[C@@H](C)C1SCCCS1)[C@H]1OC(C)(C)O[C@@H]1C. The summed E-state index contributed by atoms with van der Waals surface area (Å²) in [4.78, 5) is 0. The number of thioether (sulfide) groups is 2. The quantitative estimate of drug-likeness (QED) is 0.860. The van der Waals surface area contributed by atoms with Gasteiger partial charge in [-0.15, -0.1) is 23.5 Å². The highest BCUT2D eigenvalue weighted by Crippen LogP contribution is 2.40. The lowest BCUT2D eigenvalue weighted by molar-refractivity contribution is -0.153. The van der Waals surface area contributed by atoms with Crippen molar-refractivity contribution in [3.8, 4) is 0 Å². The monoisotopic (exact) mass is 320 g/mol. The van der Waals surface area contributed by atoms with Crippen molar-refractivity contribution < 1.29 is 14.6 Å². The molecule has 0 unspecified atom stereocenters. The van der Waals surface area contributed by atoms with Gasteiger partial charge in [-0.3, -0.25) is 0 Å². The fraction of sp³-hybridized carbons (Fsp3) is 1.00. The minimum absolute atomic E-state index is 0.0268. The Morgan fingerprint density at radius 3 is 2.20 bits per heavy atom. The van der Waals surface area contributed by atoms with Gasteiger partial charge in [-0.1, -0.05) is 13.8 Å². The average molecular weight is 321 g/mol. The van der Waals surface area contributed by atoms with E-state index < -0.39 is 5.79 Å². The molecule has 2 heterocycles. The zero-order valence-electron chi connectivity index (χ0n) is 13.2.